The summed E-state index contributed by atoms with van der Waals surface area (Å²) in [6.45, 7) is 0.602. The number of nitrogens with zero attached hydrogens (tertiary/aromatic N) is 2. The largest absolute Gasteiger partial charge is 0.495 e. The monoisotopic (exact) mass is 489 g/mol. The number of hydrogen-bond donors (Lipinski definition) is 1. The number of benzene rings is 1. The Morgan fingerprint density at radius 3 is 2.26 bits per heavy atom. The van der Waals surface area contributed by atoms with Crippen molar-refractivity contribution in [2.45, 2.75) is 62.3 Å². The summed E-state index contributed by atoms with van der Waals surface area (Å²) in [5, 5.41) is 2.87. The Morgan fingerprint density at radius 1 is 1.09 bits per heavy atom. The Kier molecular flexibility index (Phi) is 5.91. The molecule has 5 fully saturated rings. The van der Waals surface area contributed by atoms with Crippen LogP contribution in [-0.2, 0) is 19.6 Å². The highest BCUT2D eigenvalue weighted by Gasteiger charge is 2.56. The van der Waals surface area contributed by atoms with Gasteiger partial charge in [0.2, 0.25) is 21.8 Å². The second-order valence-electron chi connectivity index (χ2n) is 11.0. The Bertz CT molecular complexity index is 1060. The van der Waals surface area contributed by atoms with E-state index in [1.807, 2.05) is 4.90 Å². The molecule has 1 aliphatic heterocycles. The number of sulfonamides is 1. The molecule has 4 saturated carbocycles. The van der Waals surface area contributed by atoms with Crippen LogP contribution in [0.1, 0.15) is 51.4 Å². The van der Waals surface area contributed by atoms with Crippen LogP contribution in [-0.4, -0.2) is 63.2 Å². The van der Waals surface area contributed by atoms with Crippen LogP contribution in [0.15, 0.2) is 23.1 Å². The molecule has 0 radical (unpaired) electrons. The van der Waals surface area contributed by atoms with Gasteiger partial charge in [0.05, 0.1) is 23.1 Å². The highest BCUT2D eigenvalue weighted by Crippen LogP contribution is 2.60. The minimum Gasteiger partial charge on any atom is -0.495 e. The summed E-state index contributed by atoms with van der Waals surface area (Å²) in [5.41, 5.74) is 0.0131. The Morgan fingerprint density at radius 2 is 1.71 bits per heavy atom. The lowest BCUT2D eigenvalue weighted by Gasteiger charge is -2.56. The molecule has 1 aromatic rings. The molecule has 0 spiro atoms. The Labute approximate surface area is 202 Å². The lowest BCUT2D eigenvalue weighted by molar-refractivity contribution is -0.160. The van der Waals surface area contributed by atoms with Crippen molar-refractivity contribution < 1.29 is 22.7 Å². The molecule has 5 aliphatic rings. The van der Waals surface area contributed by atoms with Gasteiger partial charge in [-0.15, -0.1) is 0 Å². The number of likely N-dealkylation sites (tertiary alicyclic amines) is 1. The predicted octanol–water partition coefficient (Wildman–Crippen LogP) is 3.09. The summed E-state index contributed by atoms with van der Waals surface area (Å²) in [6, 6.07) is 3.88. The fourth-order valence-electron chi connectivity index (χ4n) is 7.33. The first-order valence-electron chi connectivity index (χ1n) is 12.4. The summed E-state index contributed by atoms with van der Waals surface area (Å²) >= 11 is 0. The summed E-state index contributed by atoms with van der Waals surface area (Å²) in [5.74, 6) is 2.25. The molecule has 186 valence electrons. The molecule has 1 unspecified atom stereocenters. The molecule has 6 rings (SSSR count). The second kappa shape index (κ2) is 8.52. The van der Waals surface area contributed by atoms with Crippen LogP contribution in [0.3, 0.4) is 0 Å². The van der Waals surface area contributed by atoms with E-state index < -0.39 is 16.1 Å². The number of amides is 2. The fraction of sp³-hybridized carbons (Fsp3) is 0.680. The van der Waals surface area contributed by atoms with Gasteiger partial charge in [-0.2, -0.15) is 0 Å². The zero-order chi connectivity index (χ0) is 24.3. The number of carbonyl (C=O) groups is 2. The van der Waals surface area contributed by atoms with Gasteiger partial charge in [0.1, 0.15) is 11.8 Å². The number of anilines is 1. The van der Waals surface area contributed by atoms with Crippen molar-refractivity contribution in [3.63, 3.8) is 0 Å². The van der Waals surface area contributed by atoms with Gasteiger partial charge in [0.25, 0.3) is 0 Å². The maximum atomic E-state index is 13.9. The van der Waals surface area contributed by atoms with E-state index in [-0.39, 0.29) is 22.1 Å². The summed E-state index contributed by atoms with van der Waals surface area (Å²) < 4.78 is 31.7. The molecule has 1 aromatic carbocycles. The smallest absolute Gasteiger partial charge is 0.247 e. The Hall–Kier alpha value is -2.13. The van der Waals surface area contributed by atoms with Crippen molar-refractivity contribution in [2.24, 2.45) is 23.2 Å². The molecule has 1 atom stereocenters. The molecule has 4 bridgehead atoms. The first kappa shape index (κ1) is 23.6. The Balaban J connectivity index is 1.36. The van der Waals surface area contributed by atoms with Gasteiger partial charge >= 0.3 is 0 Å². The molecule has 9 heteroatoms. The van der Waals surface area contributed by atoms with Gasteiger partial charge < -0.3 is 15.0 Å². The van der Waals surface area contributed by atoms with Crippen LogP contribution < -0.4 is 10.1 Å². The van der Waals surface area contributed by atoms with Crippen LogP contribution in [0.4, 0.5) is 5.69 Å². The maximum absolute atomic E-state index is 13.9. The van der Waals surface area contributed by atoms with Gasteiger partial charge in [0, 0.05) is 20.6 Å². The van der Waals surface area contributed by atoms with Crippen molar-refractivity contribution in [1.82, 2.24) is 9.21 Å². The first-order valence-corrected chi connectivity index (χ1v) is 13.8. The van der Waals surface area contributed by atoms with E-state index in [1.165, 1.54) is 52.6 Å². The lowest BCUT2D eigenvalue weighted by Crippen LogP contribution is -2.56. The van der Waals surface area contributed by atoms with E-state index >= 15 is 0 Å². The van der Waals surface area contributed by atoms with Crippen LogP contribution >= 0.6 is 0 Å². The van der Waals surface area contributed by atoms with Crippen molar-refractivity contribution >= 4 is 27.5 Å². The van der Waals surface area contributed by atoms with Gasteiger partial charge in [-0.3, -0.25) is 9.59 Å². The topological polar surface area (TPSA) is 96.0 Å². The highest BCUT2D eigenvalue weighted by atomic mass is 32.2. The molecule has 1 N–H and O–H groups in total. The third-order valence-electron chi connectivity index (χ3n) is 8.52. The fourth-order valence-corrected chi connectivity index (χ4v) is 8.26. The zero-order valence-corrected chi connectivity index (χ0v) is 21.1. The van der Waals surface area contributed by atoms with Crippen LogP contribution in [0, 0.1) is 23.2 Å². The van der Waals surface area contributed by atoms with Crippen LogP contribution in [0.2, 0.25) is 0 Å². The van der Waals surface area contributed by atoms with Crippen molar-refractivity contribution in [2.75, 3.05) is 33.1 Å². The molecule has 4 aliphatic carbocycles. The minimum atomic E-state index is -3.67. The summed E-state index contributed by atoms with van der Waals surface area (Å²) in [4.78, 5) is 29.2. The number of rotatable bonds is 6. The summed E-state index contributed by atoms with van der Waals surface area (Å²) in [7, 11) is 0.733. The third kappa shape index (κ3) is 3.90. The molecule has 34 heavy (non-hydrogen) atoms. The van der Waals surface area contributed by atoms with E-state index in [9.17, 15) is 18.0 Å². The first-order chi connectivity index (χ1) is 16.1. The van der Waals surface area contributed by atoms with E-state index in [0.29, 0.717) is 42.2 Å². The lowest BCUT2D eigenvalue weighted by atomic mass is 9.49. The normalized spacial score (nSPS) is 32.3. The van der Waals surface area contributed by atoms with Crippen LogP contribution in [0.5, 0.6) is 5.75 Å². The molecular weight excluding hydrogens is 454 g/mol. The van der Waals surface area contributed by atoms with Gasteiger partial charge in [0.15, 0.2) is 0 Å². The van der Waals surface area contributed by atoms with Crippen molar-refractivity contribution in [3.8, 4) is 5.75 Å². The van der Waals surface area contributed by atoms with E-state index in [1.54, 1.807) is 6.07 Å². The molecule has 0 aromatic heterocycles. The number of hydrogen-bond acceptors (Lipinski definition) is 5. The van der Waals surface area contributed by atoms with Gasteiger partial charge in [-0.05, 0) is 87.3 Å². The van der Waals surface area contributed by atoms with E-state index in [0.717, 1.165) is 30.0 Å². The number of carbonyl (C=O) groups excluding carboxylic acids is 2. The second-order valence-corrected chi connectivity index (χ2v) is 13.1. The molecule has 1 saturated heterocycles. The van der Waals surface area contributed by atoms with E-state index in [2.05, 4.69) is 5.32 Å². The SMILES string of the molecule is COc1ccc(S(=O)(=O)N(C)C)cc1NC(=O)C1CCCN1C(=O)C12CC3CC(CC(C3)C1)C2. The number of methoxy groups -OCH3 is 1. The average molecular weight is 490 g/mol. The standard InChI is InChI=1S/C25H35N3O5S/c1-27(2)34(31,32)19-6-7-22(33-3)20(12-19)26-23(29)21-5-4-8-28(21)24(30)25-13-16-9-17(14-25)11-18(10-16)15-25/h6-7,12,16-18,21H,4-5,8-11,13-15H2,1-3H3,(H,26,29). The zero-order valence-electron chi connectivity index (χ0n) is 20.2. The molecule has 8 nitrogen and oxygen atoms in total. The van der Waals surface area contributed by atoms with Crippen molar-refractivity contribution in [3.05, 3.63) is 18.2 Å². The molecule has 1 heterocycles. The molecular formula is C25H35N3O5S. The molecule has 2 amide bonds. The predicted molar refractivity (Wildman–Crippen MR) is 128 cm³/mol. The number of nitrogens with one attached hydrogen (secondary N) is 1. The van der Waals surface area contributed by atoms with Gasteiger partial charge in [-0.25, -0.2) is 12.7 Å². The average Bonchev–Trinajstić information content (AvgIpc) is 3.27. The number of ether oxygens (including phenoxy) is 1. The minimum absolute atomic E-state index is 0.0709. The third-order valence-corrected chi connectivity index (χ3v) is 10.3. The van der Waals surface area contributed by atoms with Crippen LogP contribution in [0.25, 0.3) is 0 Å². The summed E-state index contributed by atoms with van der Waals surface area (Å²) in [6.07, 6.45) is 8.13. The quantitative estimate of drug-likeness (QED) is 0.663. The van der Waals surface area contributed by atoms with E-state index in [4.69, 9.17) is 4.74 Å². The van der Waals surface area contributed by atoms with Crippen molar-refractivity contribution in [1.29, 1.82) is 0 Å². The van der Waals surface area contributed by atoms with Gasteiger partial charge in [-0.1, -0.05) is 0 Å². The maximum Gasteiger partial charge on any atom is 0.247 e. The highest BCUT2D eigenvalue weighted by molar-refractivity contribution is 7.89.